The van der Waals surface area contributed by atoms with Gasteiger partial charge in [-0.2, -0.15) is 5.10 Å². The van der Waals surface area contributed by atoms with Crippen molar-refractivity contribution in [1.82, 2.24) is 10.2 Å². The third-order valence-corrected chi connectivity index (χ3v) is 3.17. The minimum Gasteiger partial charge on any atom is -0.298 e. The highest BCUT2D eigenvalue weighted by molar-refractivity contribution is 5.86. The lowest BCUT2D eigenvalue weighted by molar-refractivity contribution is 0.112. The number of carbonyl (C=O) groups is 1. The van der Waals surface area contributed by atoms with E-state index >= 15 is 0 Å². The van der Waals surface area contributed by atoms with E-state index in [2.05, 4.69) is 49.2 Å². The molecule has 18 heavy (non-hydrogen) atoms. The molecule has 2 rings (SSSR count). The Morgan fingerprint density at radius 3 is 2.61 bits per heavy atom. The highest BCUT2D eigenvalue weighted by Gasteiger charge is 2.17. The fourth-order valence-corrected chi connectivity index (χ4v) is 1.96. The van der Waals surface area contributed by atoms with Gasteiger partial charge in [0.2, 0.25) is 0 Å². The highest BCUT2D eigenvalue weighted by atomic mass is 16.1. The maximum Gasteiger partial charge on any atom is 0.153 e. The van der Waals surface area contributed by atoms with Gasteiger partial charge >= 0.3 is 0 Å². The van der Waals surface area contributed by atoms with Gasteiger partial charge in [-0.1, -0.05) is 32.9 Å². The lowest BCUT2D eigenvalue weighted by atomic mass is 9.84. The van der Waals surface area contributed by atoms with Crippen LogP contribution in [0.5, 0.6) is 0 Å². The summed E-state index contributed by atoms with van der Waals surface area (Å²) in [6.07, 6.45) is 2.40. The van der Waals surface area contributed by atoms with Gasteiger partial charge in [0.15, 0.2) is 6.29 Å². The third kappa shape index (κ3) is 2.21. The van der Waals surface area contributed by atoms with Crippen molar-refractivity contribution in [1.29, 1.82) is 0 Å². The Morgan fingerprint density at radius 1 is 1.28 bits per heavy atom. The Bertz CT molecular complexity index is 576. The van der Waals surface area contributed by atoms with E-state index in [4.69, 9.17) is 0 Å². The molecule has 0 aliphatic heterocycles. The number of aromatic nitrogens is 2. The number of carbonyl (C=O) groups excluding carboxylic acids is 1. The molecular formula is C15H18N2O. The van der Waals surface area contributed by atoms with Crippen LogP contribution < -0.4 is 0 Å². The number of nitrogens with zero attached hydrogens (tertiary/aromatic N) is 1. The van der Waals surface area contributed by atoms with E-state index in [0.717, 1.165) is 23.1 Å². The number of aryl methyl sites for hydroxylation is 1. The predicted octanol–water partition coefficient (Wildman–Crippen LogP) is 3.50. The summed E-state index contributed by atoms with van der Waals surface area (Å²) >= 11 is 0. The molecule has 3 nitrogen and oxygen atoms in total. The summed E-state index contributed by atoms with van der Waals surface area (Å²) in [5.41, 5.74) is 4.91. The average molecular weight is 242 g/mol. The van der Waals surface area contributed by atoms with Crippen LogP contribution in [0.25, 0.3) is 11.3 Å². The van der Waals surface area contributed by atoms with Crippen molar-refractivity contribution in [3.63, 3.8) is 0 Å². The summed E-state index contributed by atoms with van der Waals surface area (Å²) in [4.78, 5) is 11.0. The van der Waals surface area contributed by atoms with Gasteiger partial charge in [-0.15, -0.1) is 0 Å². The molecule has 0 atom stereocenters. The van der Waals surface area contributed by atoms with Crippen LogP contribution in [0.2, 0.25) is 0 Å². The summed E-state index contributed by atoms with van der Waals surface area (Å²) in [5.74, 6) is 0. The van der Waals surface area contributed by atoms with Gasteiger partial charge in [0.25, 0.3) is 0 Å². The second-order valence-corrected chi connectivity index (χ2v) is 5.60. The van der Waals surface area contributed by atoms with Crippen molar-refractivity contribution in [3.8, 4) is 11.3 Å². The van der Waals surface area contributed by atoms with Crippen LogP contribution in [0, 0.1) is 6.92 Å². The molecule has 2 aromatic rings. The van der Waals surface area contributed by atoms with Crippen LogP contribution in [0.3, 0.4) is 0 Å². The van der Waals surface area contributed by atoms with Gasteiger partial charge in [-0.3, -0.25) is 9.89 Å². The number of rotatable bonds is 2. The summed E-state index contributed by atoms with van der Waals surface area (Å²) in [7, 11) is 0. The fourth-order valence-electron chi connectivity index (χ4n) is 1.96. The molecule has 1 aromatic carbocycles. The van der Waals surface area contributed by atoms with Gasteiger partial charge in [-0.25, -0.2) is 0 Å². The van der Waals surface area contributed by atoms with Gasteiger partial charge in [-0.05, 0) is 29.5 Å². The monoisotopic (exact) mass is 242 g/mol. The van der Waals surface area contributed by atoms with Crippen LogP contribution in [0.1, 0.15) is 42.3 Å². The first-order valence-electron chi connectivity index (χ1n) is 6.03. The first-order valence-corrected chi connectivity index (χ1v) is 6.03. The van der Waals surface area contributed by atoms with Crippen LogP contribution in [-0.4, -0.2) is 16.5 Å². The Kier molecular flexibility index (Phi) is 3.07. The molecule has 0 bridgehead atoms. The first-order chi connectivity index (χ1) is 8.43. The van der Waals surface area contributed by atoms with Crippen molar-refractivity contribution < 1.29 is 4.79 Å². The number of nitrogens with one attached hydrogen (secondary N) is 1. The van der Waals surface area contributed by atoms with Gasteiger partial charge in [0.1, 0.15) is 0 Å². The van der Waals surface area contributed by atoms with E-state index in [9.17, 15) is 4.79 Å². The van der Waals surface area contributed by atoms with E-state index < -0.39 is 0 Å². The van der Waals surface area contributed by atoms with Gasteiger partial charge < -0.3 is 0 Å². The number of H-pyrrole nitrogens is 1. The van der Waals surface area contributed by atoms with E-state index in [1.54, 1.807) is 6.20 Å². The molecule has 0 aliphatic carbocycles. The average Bonchev–Trinajstić information content (AvgIpc) is 2.76. The molecular weight excluding hydrogens is 224 g/mol. The molecule has 0 saturated heterocycles. The molecule has 0 fully saturated rings. The molecule has 1 heterocycles. The smallest absolute Gasteiger partial charge is 0.153 e. The third-order valence-electron chi connectivity index (χ3n) is 3.17. The summed E-state index contributed by atoms with van der Waals surface area (Å²) in [6, 6.07) is 6.36. The largest absolute Gasteiger partial charge is 0.298 e. The lowest BCUT2D eigenvalue weighted by Crippen LogP contribution is -2.11. The minimum atomic E-state index is 0.0871. The van der Waals surface area contributed by atoms with Crippen molar-refractivity contribution in [2.75, 3.05) is 0 Å². The predicted molar refractivity (Wildman–Crippen MR) is 72.8 cm³/mol. The van der Waals surface area contributed by atoms with Crippen molar-refractivity contribution >= 4 is 6.29 Å². The van der Waals surface area contributed by atoms with E-state index in [1.165, 1.54) is 5.56 Å². The zero-order valence-corrected chi connectivity index (χ0v) is 11.2. The highest BCUT2D eigenvalue weighted by Crippen LogP contribution is 2.30. The molecule has 0 saturated carbocycles. The number of hydrogen-bond acceptors (Lipinski definition) is 2. The Morgan fingerprint density at radius 2 is 2.00 bits per heavy atom. The summed E-state index contributed by atoms with van der Waals surface area (Å²) in [5, 5.41) is 6.86. The van der Waals surface area contributed by atoms with Crippen LogP contribution in [0.15, 0.2) is 24.4 Å². The SMILES string of the molecule is Cc1ccc(C(C)(C)C)cc1-c1[nH]ncc1C=O. The fraction of sp³-hybridized carbons (Fsp3) is 0.333. The molecule has 0 unspecified atom stereocenters. The molecule has 0 radical (unpaired) electrons. The standard InChI is InChI=1S/C15H18N2O/c1-10-5-6-12(15(2,3)4)7-13(10)14-11(9-18)8-16-17-14/h5-9H,1-4H3,(H,16,17). The summed E-state index contributed by atoms with van der Waals surface area (Å²) < 4.78 is 0. The Balaban J connectivity index is 2.60. The summed E-state index contributed by atoms with van der Waals surface area (Å²) in [6.45, 7) is 8.57. The second kappa shape index (κ2) is 4.41. The molecule has 0 spiro atoms. The molecule has 0 amide bonds. The van der Waals surface area contributed by atoms with Crippen molar-refractivity contribution in [2.45, 2.75) is 33.1 Å². The lowest BCUT2D eigenvalue weighted by Gasteiger charge is -2.20. The number of benzene rings is 1. The zero-order valence-electron chi connectivity index (χ0n) is 11.2. The Hall–Kier alpha value is -1.90. The number of aldehydes is 1. The molecule has 94 valence electrons. The molecule has 1 aromatic heterocycles. The minimum absolute atomic E-state index is 0.0871. The van der Waals surface area contributed by atoms with Crippen LogP contribution in [0.4, 0.5) is 0 Å². The van der Waals surface area contributed by atoms with Crippen molar-refractivity contribution in [3.05, 3.63) is 41.1 Å². The zero-order chi connectivity index (χ0) is 13.3. The van der Waals surface area contributed by atoms with E-state index in [1.807, 2.05) is 6.92 Å². The van der Waals surface area contributed by atoms with Gasteiger partial charge in [0, 0.05) is 5.56 Å². The van der Waals surface area contributed by atoms with Crippen LogP contribution >= 0.6 is 0 Å². The van der Waals surface area contributed by atoms with Gasteiger partial charge in [0.05, 0.1) is 17.5 Å². The maximum atomic E-state index is 11.0. The quantitative estimate of drug-likeness (QED) is 0.819. The van der Waals surface area contributed by atoms with E-state index in [0.29, 0.717) is 5.56 Å². The second-order valence-electron chi connectivity index (χ2n) is 5.60. The van der Waals surface area contributed by atoms with Crippen LogP contribution in [-0.2, 0) is 5.41 Å². The maximum absolute atomic E-state index is 11.0. The Labute approximate surface area is 107 Å². The topological polar surface area (TPSA) is 45.8 Å². The molecule has 1 N–H and O–H groups in total. The first kappa shape index (κ1) is 12.6. The van der Waals surface area contributed by atoms with Crippen molar-refractivity contribution in [2.24, 2.45) is 0 Å². The molecule has 0 aliphatic rings. The molecule has 3 heteroatoms. The number of hydrogen-bond donors (Lipinski definition) is 1. The number of aromatic amines is 1. The van der Waals surface area contributed by atoms with E-state index in [-0.39, 0.29) is 5.41 Å². The normalized spacial score (nSPS) is 11.6.